The van der Waals surface area contributed by atoms with Crippen molar-refractivity contribution in [2.75, 3.05) is 5.75 Å². The quantitative estimate of drug-likeness (QED) is 0.252. The van der Waals surface area contributed by atoms with E-state index < -0.39 is 5.91 Å². The third kappa shape index (κ3) is 1.92. The van der Waals surface area contributed by atoms with Gasteiger partial charge in [-0.2, -0.15) is 0 Å². The van der Waals surface area contributed by atoms with Crippen LogP contribution in [0.25, 0.3) is 0 Å². The fraction of sp³-hybridized carbons (Fsp3) is 0.250. The molecule has 0 saturated heterocycles. The molecule has 0 aromatic rings. The molecule has 0 atom stereocenters. The number of nitrogens with one attached hydrogen (secondary N) is 1. The lowest BCUT2D eigenvalue weighted by atomic mass is 10.4. The number of nitrogens with two attached hydrogens (primary N) is 2. The molecule has 0 saturated carbocycles. The standard InChI is InChI=1S/C4H7N5OS/c5-4-9-8-2(1-11-4)3(10)7-6/h1,6H2,(H2,5,9)(H,7,10). The summed E-state index contributed by atoms with van der Waals surface area (Å²) < 4.78 is 0. The van der Waals surface area contributed by atoms with Gasteiger partial charge in [-0.05, 0) is 0 Å². The molecule has 0 unspecified atom stereocenters. The van der Waals surface area contributed by atoms with Crippen molar-refractivity contribution in [2.45, 2.75) is 0 Å². The average Bonchev–Trinajstić information content (AvgIpc) is 2.05. The molecule has 0 fully saturated rings. The molecular weight excluding hydrogens is 166 g/mol. The van der Waals surface area contributed by atoms with Gasteiger partial charge < -0.3 is 5.73 Å². The molecule has 11 heavy (non-hydrogen) atoms. The molecule has 0 aromatic heterocycles. The molecule has 1 aliphatic heterocycles. The van der Waals surface area contributed by atoms with Crippen LogP contribution < -0.4 is 17.0 Å². The highest BCUT2D eigenvalue weighted by molar-refractivity contribution is 8.14. The third-order valence-electron chi connectivity index (χ3n) is 1.02. The Morgan fingerprint density at radius 3 is 2.82 bits per heavy atom. The van der Waals surface area contributed by atoms with Gasteiger partial charge in [-0.3, -0.25) is 10.2 Å². The van der Waals surface area contributed by atoms with E-state index in [1.165, 1.54) is 11.8 Å². The van der Waals surface area contributed by atoms with Crippen LogP contribution >= 0.6 is 11.8 Å². The third-order valence-corrected chi connectivity index (χ3v) is 1.81. The van der Waals surface area contributed by atoms with Gasteiger partial charge in [-0.1, -0.05) is 11.8 Å². The van der Waals surface area contributed by atoms with E-state index in [2.05, 4.69) is 10.2 Å². The maximum Gasteiger partial charge on any atom is 0.282 e. The summed E-state index contributed by atoms with van der Waals surface area (Å²) in [5, 5.41) is 7.42. The summed E-state index contributed by atoms with van der Waals surface area (Å²) in [4.78, 5) is 10.8. The number of thioether (sulfide) groups is 1. The summed E-state index contributed by atoms with van der Waals surface area (Å²) in [6.45, 7) is 0. The number of hydrogen-bond donors (Lipinski definition) is 3. The van der Waals surface area contributed by atoms with Gasteiger partial charge >= 0.3 is 0 Å². The van der Waals surface area contributed by atoms with Gasteiger partial charge in [0.2, 0.25) is 0 Å². The molecule has 6 nitrogen and oxygen atoms in total. The van der Waals surface area contributed by atoms with Gasteiger partial charge in [0.15, 0.2) is 5.17 Å². The van der Waals surface area contributed by atoms with Gasteiger partial charge in [0.25, 0.3) is 5.91 Å². The molecule has 0 bridgehead atoms. The molecule has 1 rings (SSSR count). The van der Waals surface area contributed by atoms with Crippen LogP contribution in [0, 0.1) is 0 Å². The molecule has 1 heterocycles. The van der Waals surface area contributed by atoms with E-state index in [4.69, 9.17) is 11.6 Å². The molecule has 5 N–H and O–H groups in total. The van der Waals surface area contributed by atoms with E-state index in [1.54, 1.807) is 0 Å². The van der Waals surface area contributed by atoms with Crippen LogP contribution in [-0.2, 0) is 4.79 Å². The first kappa shape index (κ1) is 8.02. The number of hydrogen-bond acceptors (Lipinski definition) is 6. The normalized spacial score (nSPS) is 16.8. The molecular formula is C4H7N5OS. The second-order valence-corrected chi connectivity index (χ2v) is 2.74. The van der Waals surface area contributed by atoms with Crippen molar-refractivity contribution in [1.29, 1.82) is 0 Å². The van der Waals surface area contributed by atoms with Crippen molar-refractivity contribution in [3.63, 3.8) is 0 Å². The second-order valence-electron chi connectivity index (χ2n) is 1.75. The van der Waals surface area contributed by atoms with E-state index in [9.17, 15) is 4.79 Å². The zero-order valence-electron chi connectivity index (χ0n) is 5.57. The lowest BCUT2D eigenvalue weighted by molar-refractivity contribution is -0.114. The fourth-order valence-corrected chi connectivity index (χ4v) is 1.08. The largest absolute Gasteiger partial charge is 0.377 e. The van der Waals surface area contributed by atoms with Gasteiger partial charge in [-0.25, -0.2) is 5.84 Å². The Bertz CT molecular complexity index is 235. The fourth-order valence-electron chi connectivity index (χ4n) is 0.504. The Labute approximate surface area is 67.1 Å². The summed E-state index contributed by atoms with van der Waals surface area (Å²) >= 11 is 1.25. The second kappa shape index (κ2) is 3.35. The van der Waals surface area contributed by atoms with Gasteiger partial charge in [-0.15, -0.1) is 10.2 Å². The van der Waals surface area contributed by atoms with Crippen molar-refractivity contribution in [1.82, 2.24) is 5.43 Å². The maximum absolute atomic E-state index is 10.8. The lowest BCUT2D eigenvalue weighted by Crippen LogP contribution is -2.38. The first-order chi connectivity index (χ1) is 5.24. The molecule has 7 heteroatoms. The lowest BCUT2D eigenvalue weighted by Gasteiger charge is -2.06. The number of carbonyl (C=O) groups excluding carboxylic acids is 1. The van der Waals surface area contributed by atoms with Gasteiger partial charge in [0, 0.05) is 0 Å². The first-order valence-corrected chi connectivity index (χ1v) is 3.76. The topological polar surface area (TPSA) is 106 Å². The Hall–Kier alpha value is -1.08. The van der Waals surface area contributed by atoms with E-state index in [0.29, 0.717) is 10.9 Å². The van der Waals surface area contributed by atoms with Crippen LogP contribution in [-0.4, -0.2) is 22.5 Å². The average molecular weight is 173 g/mol. The molecule has 60 valence electrons. The van der Waals surface area contributed by atoms with Crippen molar-refractivity contribution in [3.05, 3.63) is 0 Å². The van der Waals surface area contributed by atoms with Crippen molar-refractivity contribution >= 4 is 28.5 Å². The zero-order chi connectivity index (χ0) is 8.27. The molecule has 1 aliphatic rings. The molecule has 0 aliphatic carbocycles. The SMILES string of the molecule is NNC(=O)C1=NN=C(N)SC1. The number of rotatable bonds is 1. The molecule has 0 spiro atoms. The summed E-state index contributed by atoms with van der Waals surface area (Å²) in [5.74, 6) is 4.86. The predicted octanol–water partition coefficient (Wildman–Crippen LogP) is -1.61. The maximum atomic E-state index is 10.8. The van der Waals surface area contributed by atoms with E-state index >= 15 is 0 Å². The predicted molar refractivity (Wildman–Crippen MR) is 43.8 cm³/mol. The highest BCUT2D eigenvalue weighted by Crippen LogP contribution is 2.06. The number of hydrazine groups is 1. The van der Waals surface area contributed by atoms with Gasteiger partial charge in [0.1, 0.15) is 5.71 Å². The summed E-state index contributed by atoms with van der Waals surface area (Å²) in [7, 11) is 0. The van der Waals surface area contributed by atoms with Crippen LogP contribution in [0.2, 0.25) is 0 Å². The van der Waals surface area contributed by atoms with E-state index in [-0.39, 0.29) is 5.71 Å². The minimum absolute atomic E-state index is 0.284. The van der Waals surface area contributed by atoms with Crippen molar-refractivity contribution < 1.29 is 4.79 Å². The van der Waals surface area contributed by atoms with Crippen molar-refractivity contribution in [3.8, 4) is 0 Å². The van der Waals surface area contributed by atoms with Crippen molar-refractivity contribution in [2.24, 2.45) is 21.8 Å². The van der Waals surface area contributed by atoms with Gasteiger partial charge in [0.05, 0.1) is 5.75 Å². The zero-order valence-corrected chi connectivity index (χ0v) is 6.39. The van der Waals surface area contributed by atoms with Crippen LogP contribution in [0.15, 0.2) is 10.2 Å². The Kier molecular flexibility index (Phi) is 2.44. The van der Waals surface area contributed by atoms with E-state index in [1.807, 2.05) is 5.43 Å². The minimum atomic E-state index is -0.422. The summed E-state index contributed by atoms with van der Waals surface area (Å²) in [5.41, 5.74) is 7.52. The highest BCUT2D eigenvalue weighted by Gasteiger charge is 2.14. The highest BCUT2D eigenvalue weighted by atomic mass is 32.2. The number of nitrogens with zero attached hydrogens (tertiary/aromatic N) is 2. The van der Waals surface area contributed by atoms with E-state index in [0.717, 1.165) is 0 Å². The number of amidine groups is 1. The Balaban J connectivity index is 2.68. The number of carbonyl (C=O) groups is 1. The molecule has 0 radical (unpaired) electrons. The molecule has 1 amide bonds. The number of amides is 1. The van der Waals surface area contributed by atoms with Crippen LogP contribution in [0.3, 0.4) is 0 Å². The Morgan fingerprint density at radius 2 is 2.36 bits per heavy atom. The monoisotopic (exact) mass is 173 g/mol. The van der Waals surface area contributed by atoms with Crippen LogP contribution in [0.4, 0.5) is 0 Å². The van der Waals surface area contributed by atoms with Crippen LogP contribution in [0.1, 0.15) is 0 Å². The Morgan fingerprint density at radius 1 is 1.64 bits per heavy atom. The van der Waals surface area contributed by atoms with Crippen LogP contribution in [0.5, 0.6) is 0 Å². The smallest absolute Gasteiger partial charge is 0.282 e. The first-order valence-electron chi connectivity index (χ1n) is 2.78. The summed E-state index contributed by atoms with van der Waals surface area (Å²) in [6, 6.07) is 0. The minimum Gasteiger partial charge on any atom is -0.377 e. The molecule has 0 aromatic carbocycles. The summed E-state index contributed by atoms with van der Waals surface area (Å²) in [6.07, 6.45) is 0.